The Morgan fingerprint density at radius 2 is 1.95 bits per heavy atom. The van der Waals surface area contributed by atoms with E-state index in [0.29, 0.717) is 10.8 Å². The number of hydrogen-bond acceptors (Lipinski definition) is 5. The smallest absolute Gasteiger partial charge is 0.304 e. The second-order valence-corrected chi connectivity index (χ2v) is 4.76. The van der Waals surface area contributed by atoms with Crippen LogP contribution in [0.4, 0.5) is 0 Å². The fourth-order valence-corrected chi connectivity index (χ4v) is 1.71. The zero-order valence-corrected chi connectivity index (χ0v) is 12.4. The minimum Gasteiger partial charge on any atom is -0.454 e. The zero-order valence-electron chi connectivity index (χ0n) is 10.9. The van der Waals surface area contributed by atoms with Crippen LogP contribution in [0.5, 0.6) is 11.5 Å². The van der Waals surface area contributed by atoms with Gasteiger partial charge in [-0.15, -0.1) is 0 Å². The van der Waals surface area contributed by atoms with E-state index in [4.69, 9.17) is 27.9 Å². The summed E-state index contributed by atoms with van der Waals surface area (Å²) in [6.07, 6.45) is 1.27. The number of esters is 1. The van der Waals surface area contributed by atoms with Gasteiger partial charge in [-0.3, -0.25) is 9.59 Å². The molecule has 0 aliphatic carbocycles. The number of ether oxygens (including phenoxy) is 2. The first-order chi connectivity index (χ1) is 9.97. The summed E-state index contributed by atoms with van der Waals surface area (Å²) in [6, 6.07) is 6.53. The van der Waals surface area contributed by atoms with Gasteiger partial charge in [0.05, 0.1) is 6.20 Å². The van der Waals surface area contributed by atoms with Crippen LogP contribution in [0.15, 0.2) is 35.3 Å². The van der Waals surface area contributed by atoms with Crippen molar-refractivity contribution in [2.24, 2.45) is 0 Å². The molecule has 0 radical (unpaired) electrons. The molecule has 0 N–H and O–H groups in total. The minimum absolute atomic E-state index is 0.100. The molecule has 2 rings (SSSR count). The summed E-state index contributed by atoms with van der Waals surface area (Å²) in [4.78, 5) is 22.6. The van der Waals surface area contributed by atoms with Crippen molar-refractivity contribution in [1.29, 1.82) is 0 Å². The summed E-state index contributed by atoms with van der Waals surface area (Å²) in [7, 11) is 0. The topological polar surface area (TPSA) is 70.4 Å². The minimum atomic E-state index is -0.621. The molecule has 6 nitrogen and oxygen atoms in total. The molecular weight excluding hydrogens is 319 g/mol. The zero-order chi connectivity index (χ0) is 15.4. The molecule has 0 aliphatic rings. The van der Waals surface area contributed by atoms with E-state index in [0.717, 1.165) is 4.68 Å². The molecule has 1 aromatic heterocycles. The van der Waals surface area contributed by atoms with Crippen molar-refractivity contribution >= 4 is 29.2 Å². The van der Waals surface area contributed by atoms with Gasteiger partial charge in [0.25, 0.3) is 5.56 Å². The molecule has 0 unspecified atom stereocenters. The van der Waals surface area contributed by atoms with Gasteiger partial charge in [-0.25, -0.2) is 0 Å². The molecule has 2 aromatic rings. The number of nitrogens with zero attached hydrogens (tertiary/aromatic N) is 2. The van der Waals surface area contributed by atoms with Crippen molar-refractivity contribution in [2.45, 2.75) is 13.7 Å². The predicted octanol–water partition coefficient (Wildman–Crippen LogP) is 2.86. The van der Waals surface area contributed by atoms with Crippen LogP contribution in [-0.2, 0) is 16.3 Å². The van der Waals surface area contributed by atoms with E-state index in [-0.39, 0.29) is 17.5 Å². The first-order valence-electron chi connectivity index (χ1n) is 5.80. The van der Waals surface area contributed by atoms with Crippen LogP contribution in [0.3, 0.4) is 0 Å². The Balaban J connectivity index is 2.22. The Labute approximate surface area is 129 Å². The van der Waals surface area contributed by atoms with Crippen LogP contribution in [0.25, 0.3) is 0 Å². The molecule has 0 atom stereocenters. The maximum Gasteiger partial charge on any atom is 0.304 e. The number of halogens is 2. The fraction of sp³-hybridized carbons (Fsp3) is 0.154. The van der Waals surface area contributed by atoms with Gasteiger partial charge >= 0.3 is 5.97 Å². The lowest BCUT2D eigenvalue weighted by atomic mass is 10.3. The van der Waals surface area contributed by atoms with Crippen molar-refractivity contribution < 1.29 is 14.3 Å². The van der Waals surface area contributed by atoms with Crippen molar-refractivity contribution in [3.63, 3.8) is 0 Å². The average molecular weight is 329 g/mol. The molecule has 0 amide bonds. The Morgan fingerprint density at radius 1 is 1.29 bits per heavy atom. The van der Waals surface area contributed by atoms with Crippen LogP contribution >= 0.6 is 23.2 Å². The van der Waals surface area contributed by atoms with E-state index in [1.807, 2.05) is 0 Å². The second kappa shape index (κ2) is 6.60. The molecule has 110 valence electrons. The molecule has 0 saturated heterocycles. The molecule has 21 heavy (non-hydrogen) atoms. The lowest BCUT2D eigenvalue weighted by molar-refractivity contribution is -0.145. The van der Waals surface area contributed by atoms with Crippen LogP contribution in [0.1, 0.15) is 6.92 Å². The maximum absolute atomic E-state index is 11.9. The highest BCUT2D eigenvalue weighted by Gasteiger charge is 2.12. The summed E-state index contributed by atoms with van der Waals surface area (Å²) < 4.78 is 11.0. The summed E-state index contributed by atoms with van der Waals surface area (Å²) >= 11 is 11.7. The van der Waals surface area contributed by atoms with E-state index in [1.54, 1.807) is 24.3 Å². The maximum atomic E-state index is 11.9. The predicted molar refractivity (Wildman–Crippen MR) is 76.8 cm³/mol. The molecule has 0 spiro atoms. The van der Waals surface area contributed by atoms with Crippen molar-refractivity contribution in [3.05, 3.63) is 50.9 Å². The largest absolute Gasteiger partial charge is 0.454 e. The Morgan fingerprint density at radius 3 is 2.57 bits per heavy atom. The molecule has 8 heteroatoms. The van der Waals surface area contributed by atoms with Crippen LogP contribution in [-0.4, -0.2) is 15.7 Å². The van der Waals surface area contributed by atoms with E-state index >= 15 is 0 Å². The van der Waals surface area contributed by atoms with E-state index in [1.165, 1.54) is 13.1 Å². The van der Waals surface area contributed by atoms with Gasteiger partial charge < -0.3 is 9.47 Å². The van der Waals surface area contributed by atoms with Gasteiger partial charge in [-0.1, -0.05) is 23.2 Å². The third-order valence-electron chi connectivity index (χ3n) is 2.38. The van der Waals surface area contributed by atoms with Crippen molar-refractivity contribution in [2.75, 3.05) is 0 Å². The number of benzene rings is 1. The third-order valence-corrected chi connectivity index (χ3v) is 2.98. The Hall–Kier alpha value is -2.05. The first kappa shape index (κ1) is 15.3. The summed E-state index contributed by atoms with van der Waals surface area (Å²) in [5.41, 5.74) is -0.621. The third kappa shape index (κ3) is 3.96. The second-order valence-electron chi connectivity index (χ2n) is 3.95. The van der Waals surface area contributed by atoms with Gasteiger partial charge in [-0.2, -0.15) is 9.78 Å². The van der Waals surface area contributed by atoms with Crippen LogP contribution in [0.2, 0.25) is 10.0 Å². The monoisotopic (exact) mass is 328 g/mol. The number of rotatable bonds is 4. The van der Waals surface area contributed by atoms with E-state index < -0.39 is 11.5 Å². The lowest BCUT2D eigenvalue weighted by Gasteiger charge is -2.09. The van der Waals surface area contributed by atoms with Gasteiger partial charge in [0, 0.05) is 11.9 Å². The molecule has 0 bridgehead atoms. The highest BCUT2D eigenvalue weighted by molar-refractivity contribution is 6.31. The molecular formula is C13H10Cl2N2O4. The van der Waals surface area contributed by atoms with Gasteiger partial charge in [0.1, 0.15) is 5.75 Å². The van der Waals surface area contributed by atoms with Crippen molar-refractivity contribution in [3.8, 4) is 11.5 Å². The summed E-state index contributed by atoms with van der Waals surface area (Å²) in [5, 5.41) is 4.21. The Bertz CT molecular complexity index is 713. The number of carbonyl (C=O) groups is 1. The van der Waals surface area contributed by atoms with Crippen LogP contribution < -0.4 is 10.3 Å². The quantitative estimate of drug-likeness (QED) is 0.807. The molecule has 0 fully saturated rings. The fourth-order valence-electron chi connectivity index (χ4n) is 1.39. The Kier molecular flexibility index (Phi) is 4.82. The SMILES string of the molecule is CC(=O)OCn1ncc(Oc2ccc(Cl)cc2)c(Cl)c1=O. The number of aromatic nitrogens is 2. The number of carbonyl (C=O) groups excluding carboxylic acids is 1. The van der Waals surface area contributed by atoms with Crippen molar-refractivity contribution in [1.82, 2.24) is 9.78 Å². The molecule has 1 heterocycles. The van der Waals surface area contributed by atoms with Gasteiger partial charge in [0.15, 0.2) is 17.5 Å². The highest BCUT2D eigenvalue weighted by Crippen LogP contribution is 2.26. The van der Waals surface area contributed by atoms with Gasteiger partial charge in [0.2, 0.25) is 0 Å². The van der Waals surface area contributed by atoms with Gasteiger partial charge in [-0.05, 0) is 24.3 Å². The lowest BCUT2D eigenvalue weighted by Crippen LogP contribution is -2.25. The standard InChI is InChI=1S/C13H10Cl2N2O4/c1-8(18)20-7-17-13(19)12(15)11(6-16-17)21-10-4-2-9(14)3-5-10/h2-6H,7H2,1H3. The van der Waals surface area contributed by atoms with Crippen LogP contribution in [0, 0.1) is 0 Å². The first-order valence-corrected chi connectivity index (χ1v) is 6.55. The summed E-state index contributed by atoms with van der Waals surface area (Å²) in [6.45, 7) is 0.916. The normalized spacial score (nSPS) is 10.2. The molecule has 1 aromatic carbocycles. The number of hydrogen-bond donors (Lipinski definition) is 0. The molecule has 0 aliphatic heterocycles. The highest BCUT2D eigenvalue weighted by atomic mass is 35.5. The van der Waals surface area contributed by atoms with E-state index in [9.17, 15) is 9.59 Å². The summed E-state index contributed by atoms with van der Waals surface area (Å²) in [5.74, 6) is 0.0320. The van der Waals surface area contributed by atoms with E-state index in [2.05, 4.69) is 9.84 Å². The molecule has 0 saturated carbocycles. The average Bonchev–Trinajstić information content (AvgIpc) is 2.45.